The van der Waals surface area contributed by atoms with Crippen molar-refractivity contribution in [2.75, 3.05) is 13.6 Å². The van der Waals surface area contributed by atoms with E-state index in [0.29, 0.717) is 12.1 Å². The molecular weight excluding hydrogens is 337 g/mol. The van der Waals surface area contributed by atoms with Crippen molar-refractivity contribution >= 4 is 22.7 Å². The minimum Gasteiger partial charge on any atom is -0.320 e. The molecule has 0 saturated carbocycles. The Morgan fingerprint density at radius 3 is 2.46 bits per heavy atom. The summed E-state index contributed by atoms with van der Waals surface area (Å²) in [5.74, 6) is -1.97. The first-order valence-electron chi connectivity index (χ1n) is 8.57. The van der Waals surface area contributed by atoms with E-state index in [4.69, 9.17) is 0 Å². The van der Waals surface area contributed by atoms with Gasteiger partial charge < -0.3 is 9.47 Å². The van der Waals surface area contributed by atoms with Gasteiger partial charge in [-0.2, -0.15) is 0 Å². The molecule has 3 aromatic rings. The van der Waals surface area contributed by atoms with Crippen LogP contribution in [0.5, 0.6) is 0 Å². The molecule has 2 heterocycles. The Morgan fingerprint density at radius 1 is 1.04 bits per heavy atom. The van der Waals surface area contributed by atoms with Gasteiger partial charge in [0.1, 0.15) is 5.82 Å². The van der Waals surface area contributed by atoms with E-state index in [2.05, 4.69) is 4.90 Å². The number of nitrogens with zero attached hydrogens (tertiary/aromatic N) is 2. The Balaban J connectivity index is 1.93. The number of likely N-dealkylation sites (N-methyl/N-ethyl adjacent to an activating group) is 1. The van der Waals surface area contributed by atoms with Gasteiger partial charge in [-0.05, 0) is 48.9 Å². The average molecular weight is 356 g/mol. The number of halogens is 3. The summed E-state index contributed by atoms with van der Waals surface area (Å²) in [4.78, 5) is 2.17. The SMILES string of the molecule is C/C(=C\n1c2c(c3cc(F)c(F)cc31)CN(C)CC2)c1ccc(F)cc1. The van der Waals surface area contributed by atoms with Gasteiger partial charge in [-0.3, -0.25) is 0 Å². The van der Waals surface area contributed by atoms with E-state index >= 15 is 0 Å². The molecule has 26 heavy (non-hydrogen) atoms. The van der Waals surface area contributed by atoms with Crippen molar-refractivity contribution in [3.63, 3.8) is 0 Å². The highest BCUT2D eigenvalue weighted by Gasteiger charge is 2.23. The van der Waals surface area contributed by atoms with E-state index in [1.54, 1.807) is 12.1 Å². The highest BCUT2D eigenvalue weighted by Crippen LogP contribution is 2.33. The highest BCUT2D eigenvalue weighted by molar-refractivity contribution is 5.90. The third-order valence-corrected chi connectivity index (χ3v) is 5.04. The van der Waals surface area contributed by atoms with Crippen LogP contribution in [0.15, 0.2) is 36.4 Å². The molecule has 0 spiro atoms. The van der Waals surface area contributed by atoms with E-state index in [9.17, 15) is 13.2 Å². The van der Waals surface area contributed by atoms with E-state index in [1.807, 2.05) is 24.7 Å². The Morgan fingerprint density at radius 2 is 1.73 bits per heavy atom. The Bertz CT molecular complexity index is 1020. The summed E-state index contributed by atoms with van der Waals surface area (Å²) in [6.45, 7) is 3.52. The maximum absolute atomic E-state index is 13.9. The van der Waals surface area contributed by atoms with Gasteiger partial charge >= 0.3 is 0 Å². The van der Waals surface area contributed by atoms with Crippen molar-refractivity contribution in [3.05, 3.63) is 70.7 Å². The molecule has 0 unspecified atom stereocenters. The third kappa shape index (κ3) is 2.82. The zero-order valence-corrected chi connectivity index (χ0v) is 14.7. The second kappa shape index (κ2) is 6.32. The smallest absolute Gasteiger partial charge is 0.160 e. The number of benzene rings is 2. The lowest BCUT2D eigenvalue weighted by Crippen LogP contribution is -2.26. The van der Waals surface area contributed by atoms with Crippen LogP contribution < -0.4 is 0 Å². The maximum atomic E-state index is 13.9. The maximum Gasteiger partial charge on any atom is 0.160 e. The molecule has 1 aromatic heterocycles. The van der Waals surface area contributed by atoms with Crippen LogP contribution in [0.3, 0.4) is 0 Å². The summed E-state index contributed by atoms with van der Waals surface area (Å²) in [6, 6.07) is 8.82. The molecule has 0 radical (unpaired) electrons. The number of aromatic nitrogens is 1. The zero-order chi connectivity index (χ0) is 18.4. The number of fused-ring (bicyclic) bond motifs is 3. The van der Waals surface area contributed by atoms with E-state index in [-0.39, 0.29) is 5.82 Å². The van der Waals surface area contributed by atoms with Gasteiger partial charge in [0.25, 0.3) is 0 Å². The van der Waals surface area contributed by atoms with Crippen molar-refractivity contribution in [3.8, 4) is 0 Å². The van der Waals surface area contributed by atoms with E-state index in [0.717, 1.165) is 40.7 Å². The molecule has 1 aliphatic heterocycles. The number of rotatable bonds is 2. The van der Waals surface area contributed by atoms with Gasteiger partial charge in [0.2, 0.25) is 0 Å². The topological polar surface area (TPSA) is 8.17 Å². The molecule has 1 aliphatic rings. The van der Waals surface area contributed by atoms with Crippen LogP contribution in [0.25, 0.3) is 22.7 Å². The standard InChI is InChI=1S/C21H19F3N2/c1-13(14-3-5-15(22)6-4-14)11-26-20-7-8-25(2)12-17(20)16-9-18(23)19(24)10-21(16)26/h3-6,9-11H,7-8,12H2,1-2H3/b13-11+. The second-order valence-electron chi connectivity index (χ2n) is 6.89. The molecular formula is C21H19F3N2. The molecule has 0 bridgehead atoms. The van der Waals surface area contributed by atoms with Crippen LogP contribution in [-0.4, -0.2) is 23.1 Å². The first kappa shape index (κ1) is 16.9. The van der Waals surface area contributed by atoms with E-state index < -0.39 is 11.6 Å². The van der Waals surface area contributed by atoms with Gasteiger partial charge in [0.05, 0.1) is 5.52 Å². The molecule has 0 aliphatic carbocycles. The van der Waals surface area contributed by atoms with Crippen molar-refractivity contribution in [2.24, 2.45) is 0 Å². The van der Waals surface area contributed by atoms with Crippen molar-refractivity contribution in [2.45, 2.75) is 19.9 Å². The molecule has 4 rings (SSSR count). The Hall–Kier alpha value is -2.53. The van der Waals surface area contributed by atoms with Crippen molar-refractivity contribution < 1.29 is 13.2 Å². The van der Waals surface area contributed by atoms with Crippen LogP contribution in [0.4, 0.5) is 13.2 Å². The van der Waals surface area contributed by atoms with Crippen LogP contribution in [-0.2, 0) is 13.0 Å². The lowest BCUT2D eigenvalue weighted by molar-refractivity contribution is 0.312. The quantitative estimate of drug-likeness (QED) is 0.623. The summed E-state index contributed by atoms with van der Waals surface area (Å²) in [5.41, 5.74) is 4.58. The summed E-state index contributed by atoms with van der Waals surface area (Å²) < 4.78 is 42.9. The molecule has 0 N–H and O–H groups in total. The van der Waals surface area contributed by atoms with Crippen molar-refractivity contribution in [1.82, 2.24) is 9.47 Å². The molecule has 0 fully saturated rings. The summed E-state index contributed by atoms with van der Waals surface area (Å²) >= 11 is 0. The van der Waals surface area contributed by atoms with Gasteiger partial charge in [-0.1, -0.05) is 12.1 Å². The minimum absolute atomic E-state index is 0.286. The second-order valence-corrected chi connectivity index (χ2v) is 6.89. The largest absolute Gasteiger partial charge is 0.320 e. The number of allylic oxidation sites excluding steroid dienone is 1. The molecule has 2 aromatic carbocycles. The first-order valence-corrected chi connectivity index (χ1v) is 8.57. The van der Waals surface area contributed by atoms with Crippen LogP contribution in [0, 0.1) is 17.5 Å². The predicted octanol–water partition coefficient (Wildman–Crippen LogP) is 5.06. The number of hydrogen-bond donors (Lipinski definition) is 0. The fourth-order valence-corrected chi connectivity index (χ4v) is 3.65. The summed E-state index contributed by atoms with van der Waals surface area (Å²) in [6.07, 6.45) is 2.73. The third-order valence-electron chi connectivity index (χ3n) is 5.04. The van der Waals surface area contributed by atoms with E-state index in [1.165, 1.54) is 24.3 Å². The molecule has 5 heteroatoms. The Kier molecular flexibility index (Phi) is 4.11. The minimum atomic E-state index is -0.852. The van der Waals surface area contributed by atoms with Gasteiger partial charge in [-0.25, -0.2) is 13.2 Å². The molecule has 2 nitrogen and oxygen atoms in total. The highest BCUT2D eigenvalue weighted by atomic mass is 19.2. The lowest BCUT2D eigenvalue weighted by atomic mass is 10.0. The van der Waals surface area contributed by atoms with Gasteiger partial charge in [0, 0.05) is 42.9 Å². The molecule has 0 amide bonds. The summed E-state index contributed by atoms with van der Waals surface area (Å²) in [7, 11) is 2.02. The first-order chi connectivity index (χ1) is 12.4. The normalized spacial score (nSPS) is 15.5. The monoisotopic (exact) mass is 356 g/mol. The van der Waals surface area contributed by atoms with Crippen LogP contribution in [0.1, 0.15) is 23.7 Å². The van der Waals surface area contributed by atoms with Crippen LogP contribution in [0.2, 0.25) is 0 Å². The van der Waals surface area contributed by atoms with Crippen LogP contribution >= 0.6 is 0 Å². The molecule has 0 saturated heterocycles. The van der Waals surface area contributed by atoms with Gasteiger partial charge in [-0.15, -0.1) is 0 Å². The molecule has 134 valence electrons. The van der Waals surface area contributed by atoms with Gasteiger partial charge in [0.15, 0.2) is 11.6 Å². The lowest BCUT2D eigenvalue weighted by Gasteiger charge is -2.23. The molecule has 0 atom stereocenters. The summed E-state index contributed by atoms with van der Waals surface area (Å²) in [5, 5.41) is 0.744. The Labute approximate surface area is 150 Å². The van der Waals surface area contributed by atoms with Crippen molar-refractivity contribution in [1.29, 1.82) is 0 Å². The number of hydrogen-bond acceptors (Lipinski definition) is 1. The zero-order valence-electron chi connectivity index (χ0n) is 14.7. The fourth-order valence-electron chi connectivity index (χ4n) is 3.65. The predicted molar refractivity (Wildman–Crippen MR) is 98.1 cm³/mol. The fraction of sp³-hybridized carbons (Fsp3) is 0.238. The average Bonchev–Trinajstić information content (AvgIpc) is 2.88.